The van der Waals surface area contributed by atoms with Crippen molar-refractivity contribution in [2.24, 2.45) is 11.1 Å². The second kappa shape index (κ2) is 4.61. The Morgan fingerprint density at radius 1 is 1.07 bits per heavy atom. The van der Waals surface area contributed by atoms with Gasteiger partial charge >= 0.3 is 0 Å². The molecule has 0 aliphatic rings. The highest BCUT2D eigenvalue weighted by Gasteiger charge is 2.13. The summed E-state index contributed by atoms with van der Waals surface area (Å²) in [6.07, 6.45) is 2.12. The van der Waals surface area contributed by atoms with Gasteiger partial charge in [0, 0.05) is 0 Å². The highest BCUT2D eigenvalue weighted by molar-refractivity contribution is 5.28. The number of rotatable bonds is 3. The van der Waals surface area contributed by atoms with E-state index in [2.05, 4.69) is 45.0 Å². The molecule has 0 heterocycles. The van der Waals surface area contributed by atoms with Crippen LogP contribution in [0.2, 0.25) is 0 Å². The van der Waals surface area contributed by atoms with Gasteiger partial charge in [0.25, 0.3) is 0 Å². The molecule has 1 nitrogen and oxygen atoms in total. The first-order chi connectivity index (χ1) is 6.53. The van der Waals surface area contributed by atoms with Gasteiger partial charge < -0.3 is 5.73 Å². The second-order valence-electron chi connectivity index (χ2n) is 5.04. The van der Waals surface area contributed by atoms with E-state index in [1.54, 1.807) is 0 Å². The topological polar surface area (TPSA) is 26.0 Å². The Hall–Kier alpha value is -0.820. The van der Waals surface area contributed by atoms with Crippen LogP contribution in [0.4, 0.5) is 0 Å². The summed E-state index contributed by atoms with van der Waals surface area (Å²) >= 11 is 0. The molecule has 0 saturated heterocycles. The summed E-state index contributed by atoms with van der Waals surface area (Å²) in [7, 11) is 0. The highest BCUT2D eigenvalue weighted by Crippen LogP contribution is 2.22. The molecule has 0 atom stereocenters. The molecular weight excluding hydrogens is 170 g/mol. The molecule has 1 heteroatoms. The first-order valence-electron chi connectivity index (χ1n) is 5.30. The molecule has 1 aromatic rings. The van der Waals surface area contributed by atoms with E-state index in [-0.39, 0.29) is 0 Å². The van der Waals surface area contributed by atoms with E-state index >= 15 is 0 Å². The van der Waals surface area contributed by atoms with E-state index in [1.807, 2.05) is 0 Å². The van der Waals surface area contributed by atoms with Crippen molar-refractivity contribution in [2.45, 2.75) is 33.6 Å². The first-order valence-corrected chi connectivity index (χ1v) is 5.30. The molecule has 0 aliphatic carbocycles. The van der Waals surface area contributed by atoms with Crippen molar-refractivity contribution in [1.29, 1.82) is 0 Å². The molecule has 2 N–H and O–H groups in total. The average Bonchev–Trinajstić information content (AvgIpc) is 2.06. The minimum absolute atomic E-state index is 0.352. The van der Waals surface area contributed by atoms with Crippen molar-refractivity contribution in [2.75, 3.05) is 6.54 Å². The molecule has 0 bridgehead atoms. The number of hydrogen-bond acceptors (Lipinski definition) is 1. The quantitative estimate of drug-likeness (QED) is 0.781. The summed E-state index contributed by atoms with van der Waals surface area (Å²) in [5, 5.41) is 0. The zero-order valence-electron chi connectivity index (χ0n) is 9.51. The van der Waals surface area contributed by atoms with Gasteiger partial charge in [0.15, 0.2) is 0 Å². The van der Waals surface area contributed by atoms with Crippen LogP contribution in [0.5, 0.6) is 0 Å². The predicted octanol–water partition coefficient (Wildman–Crippen LogP) is 2.78. The Labute approximate surface area is 87.3 Å². The van der Waals surface area contributed by atoms with E-state index in [0.717, 1.165) is 19.4 Å². The maximum absolute atomic E-state index is 5.59. The lowest BCUT2D eigenvalue weighted by Gasteiger charge is -2.20. The van der Waals surface area contributed by atoms with Crippen LogP contribution in [0, 0.1) is 5.41 Å². The summed E-state index contributed by atoms with van der Waals surface area (Å²) in [5.41, 5.74) is 8.80. The Bertz CT molecular complexity index is 284. The van der Waals surface area contributed by atoms with Gasteiger partial charge in [0.2, 0.25) is 0 Å². The van der Waals surface area contributed by atoms with Crippen molar-refractivity contribution >= 4 is 0 Å². The van der Waals surface area contributed by atoms with Crippen LogP contribution in [-0.4, -0.2) is 6.54 Å². The Balaban J connectivity index is 2.84. The zero-order valence-corrected chi connectivity index (χ0v) is 9.51. The van der Waals surface area contributed by atoms with Gasteiger partial charge in [-0.15, -0.1) is 0 Å². The summed E-state index contributed by atoms with van der Waals surface area (Å²) in [6, 6.07) is 8.61. The van der Waals surface area contributed by atoms with Gasteiger partial charge in [-0.3, -0.25) is 0 Å². The molecule has 14 heavy (non-hydrogen) atoms. The standard InChI is InChI=1S/C13H21N/c1-13(2,3)10-12-7-5-4-6-11(12)8-9-14/h4-7H,8-10,14H2,1-3H3. The molecule has 0 amide bonds. The molecule has 0 radical (unpaired) electrons. The minimum atomic E-state index is 0.352. The smallest absolute Gasteiger partial charge is 0.00366 e. The number of benzene rings is 1. The van der Waals surface area contributed by atoms with E-state index in [1.165, 1.54) is 11.1 Å². The monoisotopic (exact) mass is 191 g/mol. The zero-order chi connectivity index (χ0) is 10.6. The van der Waals surface area contributed by atoms with Crippen molar-refractivity contribution < 1.29 is 0 Å². The molecule has 0 aliphatic heterocycles. The van der Waals surface area contributed by atoms with Gasteiger partial charge in [-0.05, 0) is 35.9 Å². The van der Waals surface area contributed by atoms with Crippen LogP contribution in [-0.2, 0) is 12.8 Å². The normalized spacial score (nSPS) is 11.7. The molecule has 1 rings (SSSR count). The molecule has 0 unspecified atom stereocenters. The number of nitrogens with two attached hydrogens (primary N) is 1. The molecule has 0 saturated carbocycles. The van der Waals surface area contributed by atoms with Crippen molar-refractivity contribution in [3.05, 3.63) is 35.4 Å². The summed E-state index contributed by atoms with van der Waals surface area (Å²) in [6.45, 7) is 7.55. The molecule has 0 fully saturated rings. The summed E-state index contributed by atoms with van der Waals surface area (Å²) in [4.78, 5) is 0. The van der Waals surface area contributed by atoms with E-state index in [9.17, 15) is 0 Å². The fraction of sp³-hybridized carbons (Fsp3) is 0.538. The van der Waals surface area contributed by atoms with Gasteiger partial charge in [-0.1, -0.05) is 45.0 Å². The van der Waals surface area contributed by atoms with Crippen LogP contribution < -0.4 is 5.73 Å². The third kappa shape index (κ3) is 3.51. The van der Waals surface area contributed by atoms with Gasteiger partial charge in [-0.2, -0.15) is 0 Å². The Kier molecular flexibility index (Phi) is 3.70. The summed E-state index contributed by atoms with van der Waals surface area (Å²) < 4.78 is 0. The maximum atomic E-state index is 5.59. The Morgan fingerprint density at radius 2 is 1.64 bits per heavy atom. The van der Waals surface area contributed by atoms with Crippen molar-refractivity contribution in [3.63, 3.8) is 0 Å². The van der Waals surface area contributed by atoms with Crippen LogP contribution in [0.3, 0.4) is 0 Å². The van der Waals surface area contributed by atoms with Crippen LogP contribution in [0.15, 0.2) is 24.3 Å². The van der Waals surface area contributed by atoms with Crippen molar-refractivity contribution in [3.8, 4) is 0 Å². The van der Waals surface area contributed by atoms with E-state index in [4.69, 9.17) is 5.73 Å². The maximum Gasteiger partial charge on any atom is -0.00366 e. The number of hydrogen-bond donors (Lipinski definition) is 1. The van der Waals surface area contributed by atoms with E-state index < -0.39 is 0 Å². The summed E-state index contributed by atoms with van der Waals surface area (Å²) in [5.74, 6) is 0. The predicted molar refractivity (Wildman–Crippen MR) is 62.4 cm³/mol. The largest absolute Gasteiger partial charge is 0.330 e. The second-order valence-corrected chi connectivity index (χ2v) is 5.04. The minimum Gasteiger partial charge on any atom is -0.330 e. The van der Waals surface area contributed by atoms with Crippen molar-refractivity contribution in [1.82, 2.24) is 0 Å². The van der Waals surface area contributed by atoms with Crippen LogP contribution in [0.1, 0.15) is 31.9 Å². The van der Waals surface area contributed by atoms with E-state index in [0.29, 0.717) is 5.41 Å². The Morgan fingerprint density at radius 3 is 2.14 bits per heavy atom. The lowest BCUT2D eigenvalue weighted by Crippen LogP contribution is -2.12. The van der Waals surface area contributed by atoms with Crippen LogP contribution >= 0.6 is 0 Å². The molecule has 0 spiro atoms. The fourth-order valence-corrected chi connectivity index (χ4v) is 1.70. The molecule has 1 aromatic carbocycles. The third-order valence-electron chi connectivity index (χ3n) is 2.25. The molecular formula is C13H21N. The van der Waals surface area contributed by atoms with Gasteiger partial charge in [0.05, 0.1) is 0 Å². The SMILES string of the molecule is CC(C)(C)Cc1ccccc1CCN. The third-order valence-corrected chi connectivity index (χ3v) is 2.25. The van der Waals surface area contributed by atoms with Gasteiger partial charge in [0.1, 0.15) is 0 Å². The fourth-order valence-electron chi connectivity index (χ4n) is 1.70. The van der Waals surface area contributed by atoms with Crippen LogP contribution in [0.25, 0.3) is 0 Å². The first kappa shape index (κ1) is 11.3. The lowest BCUT2D eigenvalue weighted by atomic mass is 9.86. The average molecular weight is 191 g/mol. The van der Waals surface area contributed by atoms with Gasteiger partial charge in [-0.25, -0.2) is 0 Å². The highest BCUT2D eigenvalue weighted by atomic mass is 14.5. The lowest BCUT2D eigenvalue weighted by molar-refractivity contribution is 0.410. The molecule has 0 aromatic heterocycles. The molecule has 78 valence electrons.